The number of aromatic nitrogens is 2. The molecule has 0 spiro atoms. The van der Waals surface area contributed by atoms with Crippen molar-refractivity contribution in [2.24, 2.45) is 0 Å². The number of hydrogen-bond donors (Lipinski definition) is 1. The number of amides is 1. The molecule has 0 aliphatic carbocycles. The van der Waals surface area contributed by atoms with Crippen LogP contribution in [0.4, 0.5) is 5.69 Å². The van der Waals surface area contributed by atoms with E-state index in [1.54, 1.807) is 37.3 Å². The number of hydrogen-bond acceptors (Lipinski definition) is 3. The molecule has 3 rings (SSSR count). The first-order valence-electron chi connectivity index (χ1n) is 6.97. The Balaban J connectivity index is 1.93. The van der Waals surface area contributed by atoms with Crippen molar-refractivity contribution in [1.29, 1.82) is 0 Å². The van der Waals surface area contributed by atoms with Crippen LogP contribution < -0.4 is 9.64 Å². The van der Waals surface area contributed by atoms with Crippen LogP contribution in [0, 0.1) is 6.92 Å². The maximum Gasteiger partial charge on any atom is 0.258 e. The van der Waals surface area contributed by atoms with E-state index in [1.807, 2.05) is 31.2 Å². The van der Waals surface area contributed by atoms with Crippen LogP contribution in [0.1, 0.15) is 16.2 Å². The number of imidazole rings is 1. The molecule has 22 heavy (non-hydrogen) atoms. The summed E-state index contributed by atoms with van der Waals surface area (Å²) < 4.78 is 5.17. The van der Waals surface area contributed by atoms with Crippen LogP contribution in [0.3, 0.4) is 0 Å². The Kier molecular flexibility index (Phi) is 3.55. The third-order valence-corrected chi connectivity index (χ3v) is 3.59. The standard InChI is InChI=1S/C17H17N3O2/c1-11-18-15-8-7-13(10-16(15)19-11)20(2)17(21)12-5-4-6-14(9-12)22-3/h4-10H,1-3H3,(H,18,19). The summed E-state index contributed by atoms with van der Waals surface area (Å²) in [5.74, 6) is 1.43. The average Bonchev–Trinajstić information content (AvgIpc) is 2.92. The zero-order valence-corrected chi connectivity index (χ0v) is 12.8. The largest absolute Gasteiger partial charge is 0.497 e. The molecule has 1 heterocycles. The van der Waals surface area contributed by atoms with Crippen LogP contribution in [0.25, 0.3) is 11.0 Å². The Morgan fingerprint density at radius 1 is 1.23 bits per heavy atom. The second kappa shape index (κ2) is 5.52. The molecule has 1 aromatic heterocycles. The Morgan fingerprint density at radius 3 is 2.82 bits per heavy atom. The minimum atomic E-state index is -0.0884. The molecule has 0 atom stereocenters. The van der Waals surface area contributed by atoms with Crippen LogP contribution in [0.15, 0.2) is 42.5 Å². The van der Waals surface area contributed by atoms with Crippen molar-refractivity contribution in [3.05, 3.63) is 53.9 Å². The predicted octanol–water partition coefficient (Wildman–Crippen LogP) is 3.16. The highest BCUT2D eigenvalue weighted by Gasteiger charge is 2.15. The van der Waals surface area contributed by atoms with E-state index in [9.17, 15) is 4.79 Å². The molecule has 1 N–H and O–H groups in total. The van der Waals surface area contributed by atoms with Crippen LogP contribution in [0.5, 0.6) is 5.75 Å². The Labute approximate surface area is 128 Å². The van der Waals surface area contributed by atoms with Crippen molar-refractivity contribution in [2.45, 2.75) is 6.92 Å². The van der Waals surface area contributed by atoms with Gasteiger partial charge in [0.15, 0.2) is 0 Å². The van der Waals surface area contributed by atoms with Crippen LogP contribution in [0.2, 0.25) is 0 Å². The minimum absolute atomic E-state index is 0.0884. The van der Waals surface area contributed by atoms with Gasteiger partial charge in [0.1, 0.15) is 11.6 Å². The van der Waals surface area contributed by atoms with E-state index in [2.05, 4.69) is 9.97 Å². The number of carbonyl (C=O) groups excluding carboxylic acids is 1. The molecule has 5 nitrogen and oxygen atoms in total. The van der Waals surface area contributed by atoms with Gasteiger partial charge in [0.2, 0.25) is 0 Å². The summed E-state index contributed by atoms with van der Waals surface area (Å²) in [5, 5.41) is 0. The molecular weight excluding hydrogens is 278 g/mol. The summed E-state index contributed by atoms with van der Waals surface area (Å²) in [6.07, 6.45) is 0. The van der Waals surface area contributed by atoms with Crippen molar-refractivity contribution < 1.29 is 9.53 Å². The second-order valence-corrected chi connectivity index (χ2v) is 5.12. The van der Waals surface area contributed by atoms with Gasteiger partial charge in [0.25, 0.3) is 5.91 Å². The van der Waals surface area contributed by atoms with Crippen molar-refractivity contribution >= 4 is 22.6 Å². The average molecular weight is 295 g/mol. The summed E-state index contributed by atoms with van der Waals surface area (Å²) in [4.78, 5) is 21.8. The van der Waals surface area contributed by atoms with Gasteiger partial charge in [-0.3, -0.25) is 4.79 Å². The Hall–Kier alpha value is -2.82. The molecule has 0 fully saturated rings. The number of carbonyl (C=O) groups is 1. The lowest BCUT2D eigenvalue weighted by Crippen LogP contribution is -2.26. The monoisotopic (exact) mass is 295 g/mol. The number of aromatic amines is 1. The number of H-pyrrole nitrogens is 1. The molecule has 3 aromatic rings. The smallest absolute Gasteiger partial charge is 0.258 e. The van der Waals surface area contributed by atoms with Crippen LogP contribution in [-0.2, 0) is 0 Å². The van der Waals surface area contributed by atoms with Gasteiger partial charge in [-0.2, -0.15) is 0 Å². The van der Waals surface area contributed by atoms with E-state index >= 15 is 0 Å². The number of nitrogens with one attached hydrogen (secondary N) is 1. The number of fused-ring (bicyclic) bond motifs is 1. The lowest BCUT2D eigenvalue weighted by molar-refractivity contribution is 0.0992. The minimum Gasteiger partial charge on any atom is -0.497 e. The zero-order chi connectivity index (χ0) is 15.7. The third kappa shape index (κ3) is 2.53. The van der Waals surface area contributed by atoms with Crippen LogP contribution in [-0.4, -0.2) is 30.0 Å². The maximum absolute atomic E-state index is 12.6. The SMILES string of the molecule is COc1cccc(C(=O)N(C)c2ccc3nc(C)[nH]c3c2)c1. The summed E-state index contributed by atoms with van der Waals surface area (Å²) in [6.45, 7) is 1.91. The summed E-state index contributed by atoms with van der Waals surface area (Å²) >= 11 is 0. The van der Waals surface area contributed by atoms with Crippen molar-refractivity contribution in [3.8, 4) is 5.75 Å². The highest BCUT2D eigenvalue weighted by atomic mass is 16.5. The third-order valence-electron chi connectivity index (χ3n) is 3.59. The van der Waals surface area contributed by atoms with E-state index in [0.29, 0.717) is 11.3 Å². The summed E-state index contributed by atoms with van der Waals surface area (Å²) in [6, 6.07) is 12.9. The highest BCUT2D eigenvalue weighted by Crippen LogP contribution is 2.22. The van der Waals surface area contributed by atoms with Gasteiger partial charge in [-0.1, -0.05) is 6.07 Å². The molecule has 0 aliphatic rings. The Morgan fingerprint density at radius 2 is 2.05 bits per heavy atom. The number of methoxy groups -OCH3 is 1. The molecule has 112 valence electrons. The van der Waals surface area contributed by atoms with E-state index in [1.165, 1.54) is 0 Å². The van der Waals surface area contributed by atoms with E-state index in [4.69, 9.17) is 4.74 Å². The first-order chi connectivity index (χ1) is 10.6. The summed E-state index contributed by atoms with van der Waals surface area (Å²) in [7, 11) is 3.34. The van der Waals surface area contributed by atoms with Gasteiger partial charge in [0, 0.05) is 18.3 Å². The zero-order valence-electron chi connectivity index (χ0n) is 12.8. The normalized spacial score (nSPS) is 10.7. The van der Waals surface area contributed by atoms with Gasteiger partial charge >= 0.3 is 0 Å². The lowest BCUT2D eigenvalue weighted by atomic mass is 10.1. The first kappa shape index (κ1) is 14.1. The van der Waals surface area contributed by atoms with E-state index in [0.717, 1.165) is 22.5 Å². The topological polar surface area (TPSA) is 58.2 Å². The van der Waals surface area contributed by atoms with Crippen molar-refractivity contribution in [1.82, 2.24) is 9.97 Å². The fourth-order valence-corrected chi connectivity index (χ4v) is 2.40. The molecule has 2 aromatic carbocycles. The number of rotatable bonds is 3. The van der Waals surface area contributed by atoms with Crippen molar-refractivity contribution in [2.75, 3.05) is 19.1 Å². The quantitative estimate of drug-likeness (QED) is 0.807. The maximum atomic E-state index is 12.6. The van der Waals surface area contributed by atoms with Gasteiger partial charge < -0.3 is 14.6 Å². The van der Waals surface area contributed by atoms with Gasteiger partial charge in [-0.05, 0) is 43.3 Å². The molecule has 5 heteroatoms. The molecular formula is C17H17N3O2. The molecule has 0 aliphatic heterocycles. The van der Waals surface area contributed by atoms with Crippen molar-refractivity contribution in [3.63, 3.8) is 0 Å². The van der Waals surface area contributed by atoms with Gasteiger partial charge in [-0.25, -0.2) is 4.98 Å². The molecule has 0 saturated carbocycles. The Bertz CT molecular complexity index is 839. The number of anilines is 1. The number of aryl methyl sites for hydroxylation is 1. The fraction of sp³-hybridized carbons (Fsp3) is 0.176. The highest BCUT2D eigenvalue weighted by molar-refractivity contribution is 6.06. The van der Waals surface area contributed by atoms with Crippen LogP contribution >= 0.6 is 0 Å². The molecule has 0 radical (unpaired) electrons. The van der Waals surface area contributed by atoms with E-state index < -0.39 is 0 Å². The molecule has 0 unspecified atom stereocenters. The van der Waals surface area contributed by atoms with E-state index in [-0.39, 0.29) is 5.91 Å². The molecule has 0 bridgehead atoms. The predicted molar refractivity (Wildman–Crippen MR) is 86.6 cm³/mol. The molecule has 1 amide bonds. The van der Waals surface area contributed by atoms with Gasteiger partial charge in [0.05, 0.1) is 18.1 Å². The molecule has 0 saturated heterocycles. The second-order valence-electron chi connectivity index (χ2n) is 5.12. The number of ether oxygens (including phenoxy) is 1. The summed E-state index contributed by atoms with van der Waals surface area (Å²) in [5.41, 5.74) is 3.20. The lowest BCUT2D eigenvalue weighted by Gasteiger charge is -2.17. The fourth-order valence-electron chi connectivity index (χ4n) is 2.40. The number of benzene rings is 2. The number of nitrogens with zero attached hydrogens (tertiary/aromatic N) is 2. The first-order valence-corrected chi connectivity index (χ1v) is 6.97. The van der Waals surface area contributed by atoms with Gasteiger partial charge in [-0.15, -0.1) is 0 Å².